The molecular formula is C13H17FO3. The lowest BCUT2D eigenvalue weighted by molar-refractivity contribution is -0.142. The van der Waals surface area contributed by atoms with Crippen molar-refractivity contribution in [2.24, 2.45) is 5.92 Å². The Balaban J connectivity index is 2.61. The number of carboxylic acids is 1. The van der Waals surface area contributed by atoms with E-state index in [2.05, 4.69) is 0 Å². The molecule has 0 fully saturated rings. The van der Waals surface area contributed by atoms with E-state index < -0.39 is 18.6 Å². The Kier molecular flexibility index (Phi) is 5.46. The number of alkyl halides is 1. The molecule has 1 rings (SSSR count). The minimum atomic E-state index is -0.866. The van der Waals surface area contributed by atoms with Crippen LogP contribution in [-0.4, -0.2) is 24.9 Å². The smallest absolute Gasteiger partial charge is 0.306 e. The van der Waals surface area contributed by atoms with Gasteiger partial charge in [0.05, 0.1) is 19.7 Å². The topological polar surface area (TPSA) is 46.5 Å². The summed E-state index contributed by atoms with van der Waals surface area (Å²) in [6, 6.07) is 7.27. The van der Waals surface area contributed by atoms with Crippen molar-refractivity contribution in [3.05, 3.63) is 29.8 Å². The summed E-state index contributed by atoms with van der Waals surface area (Å²) in [5, 5.41) is 9.01. The molecule has 1 aromatic carbocycles. The second-order valence-electron chi connectivity index (χ2n) is 3.92. The van der Waals surface area contributed by atoms with Gasteiger partial charge < -0.3 is 9.84 Å². The normalized spacial score (nSPS) is 12.1. The number of carboxylic acid groups (broad SMARTS) is 1. The quantitative estimate of drug-likeness (QED) is 0.797. The minimum Gasteiger partial charge on any atom is -0.497 e. The van der Waals surface area contributed by atoms with E-state index in [0.717, 1.165) is 11.3 Å². The third-order valence-corrected chi connectivity index (χ3v) is 2.68. The van der Waals surface area contributed by atoms with Gasteiger partial charge in [-0.3, -0.25) is 9.18 Å². The fourth-order valence-corrected chi connectivity index (χ4v) is 1.68. The molecule has 0 heterocycles. The number of hydrogen-bond donors (Lipinski definition) is 1. The van der Waals surface area contributed by atoms with E-state index in [9.17, 15) is 9.18 Å². The number of carbonyl (C=O) groups is 1. The summed E-state index contributed by atoms with van der Waals surface area (Å²) in [5.41, 5.74) is 0.928. The van der Waals surface area contributed by atoms with E-state index in [0.29, 0.717) is 19.3 Å². The van der Waals surface area contributed by atoms with Crippen LogP contribution >= 0.6 is 0 Å². The van der Waals surface area contributed by atoms with Gasteiger partial charge in [-0.25, -0.2) is 0 Å². The molecule has 3 nitrogen and oxygen atoms in total. The molecule has 0 saturated carbocycles. The lowest BCUT2D eigenvalue weighted by Crippen LogP contribution is -2.16. The molecule has 1 N–H and O–H groups in total. The second kappa shape index (κ2) is 6.89. The average molecular weight is 240 g/mol. The molecule has 0 spiro atoms. The Labute approximate surface area is 100 Å². The molecule has 0 aliphatic carbocycles. The highest BCUT2D eigenvalue weighted by molar-refractivity contribution is 5.70. The van der Waals surface area contributed by atoms with Gasteiger partial charge in [-0.15, -0.1) is 0 Å². The zero-order valence-electron chi connectivity index (χ0n) is 9.86. The molecular weight excluding hydrogens is 223 g/mol. The first kappa shape index (κ1) is 13.5. The lowest BCUT2D eigenvalue weighted by Gasteiger charge is -2.11. The average Bonchev–Trinajstić information content (AvgIpc) is 2.35. The van der Waals surface area contributed by atoms with Crippen molar-refractivity contribution in [1.29, 1.82) is 0 Å². The summed E-state index contributed by atoms with van der Waals surface area (Å²) >= 11 is 0. The summed E-state index contributed by atoms with van der Waals surface area (Å²) in [5.74, 6) is -0.641. The van der Waals surface area contributed by atoms with E-state index >= 15 is 0 Å². The molecule has 4 heteroatoms. The largest absolute Gasteiger partial charge is 0.497 e. The van der Waals surface area contributed by atoms with Crippen molar-refractivity contribution in [3.8, 4) is 5.75 Å². The van der Waals surface area contributed by atoms with E-state index in [-0.39, 0.29) is 0 Å². The molecule has 0 radical (unpaired) electrons. The monoisotopic (exact) mass is 240 g/mol. The third-order valence-electron chi connectivity index (χ3n) is 2.68. The number of ether oxygens (including phenoxy) is 1. The highest BCUT2D eigenvalue weighted by Gasteiger charge is 2.17. The summed E-state index contributed by atoms with van der Waals surface area (Å²) in [6.07, 6.45) is 1.10. The highest BCUT2D eigenvalue weighted by atomic mass is 19.1. The summed E-state index contributed by atoms with van der Waals surface area (Å²) in [4.78, 5) is 11.0. The fourth-order valence-electron chi connectivity index (χ4n) is 1.68. The predicted molar refractivity (Wildman–Crippen MR) is 63.0 cm³/mol. The Morgan fingerprint density at radius 1 is 1.41 bits per heavy atom. The van der Waals surface area contributed by atoms with Crippen molar-refractivity contribution < 1.29 is 19.0 Å². The molecule has 0 aliphatic heterocycles. The van der Waals surface area contributed by atoms with Crippen molar-refractivity contribution in [2.45, 2.75) is 19.3 Å². The van der Waals surface area contributed by atoms with Crippen LogP contribution in [0.1, 0.15) is 18.4 Å². The number of benzene rings is 1. The van der Waals surface area contributed by atoms with E-state index in [1.165, 1.54) is 0 Å². The maximum atomic E-state index is 12.0. The zero-order valence-corrected chi connectivity index (χ0v) is 9.86. The van der Waals surface area contributed by atoms with Gasteiger partial charge in [0.1, 0.15) is 5.75 Å². The van der Waals surface area contributed by atoms with Gasteiger partial charge in [-0.1, -0.05) is 12.1 Å². The molecule has 0 saturated heterocycles. The second-order valence-corrected chi connectivity index (χ2v) is 3.92. The van der Waals surface area contributed by atoms with Crippen molar-refractivity contribution in [3.63, 3.8) is 0 Å². The van der Waals surface area contributed by atoms with Crippen LogP contribution in [0.3, 0.4) is 0 Å². The van der Waals surface area contributed by atoms with Gasteiger partial charge in [0.25, 0.3) is 0 Å². The van der Waals surface area contributed by atoms with Crippen molar-refractivity contribution >= 4 is 5.97 Å². The van der Waals surface area contributed by atoms with Crippen LogP contribution in [0.4, 0.5) is 4.39 Å². The number of hydrogen-bond acceptors (Lipinski definition) is 2. The van der Waals surface area contributed by atoms with E-state index in [1.807, 2.05) is 12.1 Å². The van der Waals surface area contributed by atoms with Crippen molar-refractivity contribution in [2.75, 3.05) is 13.8 Å². The molecule has 1 aromatic rings. The fraction of sp³-hybridized carbons (Fsp3) is 0.462. The van der Waals surface area contributed by atoms with Gasteiger partial charge in [-0.05, 0) is 37.0 Å². The Hall–Kier alpha value is -1.58. The van der Waals surface area contributed by atoms with E-state index in [1.54, 1.807) is 19.2 Å². The molecule has 1 atom stereocenters. The summed E-state index contributed by atoms with van der Waals surface area (Å²) < 4.78 is 17.1. The van der Waals surface area contributed by atoms with Crippen LogP contribution in [0.15, 0.2) is 24.3 Å². The van der Waals surface area contributed by atoms with Crippen LogP contribution in [0.5, 0.6) is 5.75 Å². The van der Waals surface area contributed by atoms with Crippen LogP contribution in [0.2, 0.25) is 0 Å². The van der Waals surface area contributed by atoms with Crippen LogP contribution in [-0.2, 0) is 11.2 Å². The Morgan fingerprint density at radius 3 is 2.53 bits per heavy atom. The number of aliphatic carboxylic acids is 1. The first-order valence-corrected chi connectivity index (χ1v) is 5.59. The molecule has 0 bridgehead atoms. The highest BCUT2D eigenvalue weighted by Crippen LogP contribution is 2.17. The first-order valence-electron chi connectivity index (χ1n) is 5.59. The predicted octanol–water partition coefficient (Wildman–Crippen LogP) is 2.69. The molecule has 0 aromatic heterocycles. The summed E-state index contributed by atoms with van der Waals surface area (Å²) in [7, 11) is 1.58. The third kappa shape index (κ3) is 4.43. The molecule has 0 amide bonds. The van der Waals surface area contributed by atoms with E-state index in [4.69, 9.17) is 9.84 Å². The SMILES string of the molecule is COc1ccc(CC(CCCF)C(=O)O)cc1. The van der Waals surface area contributed by atoms with Crippen LogP contribution in [0.25, 0.3) is 0 Å². The van der Waals surface area contributed by atoms with Gasteiger partial charge in [0, 0.05) is 0 Å². The molecule has 94 valence electrons. The molecule has 1 unspecified atom stereocenters. The van der Waals surface area contributed by atoms with Crippen LogP contribution < -0.4 is 4.74 Å². The van der Waals surface area contributed by atoms with Gasteiger partial charge >= 0.3 is 5.97 Å². The first-order chi connectivity index (χ1) is 8.17. The number of methoxy groups -OCH3 is 1. The number of rotatable bonds is 7. The van der Waals surface area contributed by atoms with Gasteiger partial charge in [0.2, 0.25) is 0 Å². The van der Waals surface area contributed by atoms with Crippen LogP contribution in [0, 0.1) is 5.92 Å². The van der Waals surface area contributed by atoms with Crippen molar-refractivity contribution in [1.82, 2.24) is 0 Å². The maximum absolute atomic E-state index is 12.0. The maximum Gasteiger partial charge on any atom is 0.306 e. The van der Waals surface area contributed by atoms with Gasteiger partial charge in [-0.2, -0.15) is 0 Å². The number of halogens is 1. The lowest BCUT2D eigenvalue weighted by atomic mass is 9.95. The molecule has 0 aliphatic rings. The minimum absolute atomic E-state index is 0.299. The zero-order chi connectivity index (χ0) is 12.7. The summed E-state index contributed by atoms with van der Waals surface area (Å²) in [6.45, 7) is -0.466. The molecule has 17 heavy (non-hydrogen) atoms. The standard InChI is InChI=1S/C13H17FO3/c1-17-12-6-4-10(5-7-12)9-11(13(15)16)3-2-8-14/h4-7,11H,2-3,8-9H2,1H3,(H,15,16). The Bertz CT molecular complexity index is 348. The Morgan fingerprint density at radius 2 is 2.06 bits per heavy atom. The van der Waals surface area contributed by atoms with Gasteiger partial charge in [0.15, 0.2) is 0 Å².